The van der Waals surface area contributed by atoms with Crippen molar-refractivity contribution in [3.8, 4) is 0 Å². The number of aromatic carboxylic acids is 1. The molecule has 0 aliphatic carbocycles. The van der Waals surface area contributed by atoms with Gasteiger partial charge in [-0.1, -0.05) is 30.3 Å². The molecule has 0 heterocycles. The lowest BCUT2D eigenvalue weighted by atomic mass is 10.1. The first kappa shape index (κ1) is 14.5. The molecule has 2 aromatic rings. The zero-order chi connectivity index (χ0) is 15.2. The largest absolute Gasteiger partial charge is 0.478 e. The number of hydrogen-bond donors (Lipinski definition) is 2. The maximum Gasteiger partial charge on any atom is 0.337 e. The topological polar surface area (TPSA) is 66.4 Å². The Labute approximate surface area is 120 Å². The molecule has 0 saturated carbocycles. The van der Waals surface area contributed by atoms with Gasteiger partial charge in [-0.25, -0.2) is 9.18 Å². The molecule has 0 aromatic heterocycles. The van der Waals surface area contributed by atoms with Crippen LogP contribution in [0.3, 0.4) is 0 Å². The van der Waals surface area contributed by atoms with Crippen LogP contribution in [-0.4, -0.2) is 17.0 Å². The number of carboxylic acids is 1. The molecule has 0 fully saturated rings. The monoisotopic (exact) mass is 285 g/mol. The molecule has 0 aliphatic rings. The molecule has 0 aliphatic heterocycles. The van der Waals surface area contributed by atoms with Crippen LogP contribution in [0, 0.1) is 5.82 Å². The molecule has 106 valence electrons. The van der Waals surface area contributed by atoms with E-state index in [9.17, 15) is 14.0 Å². The summed E-state index contributed by atoms with van der Waals surface area (Å²) in [6, 6.07) is 12.1. The normalized spacial score (nSPS) is 10.5. The van der Waals surface area contributed by atoms with E-state index < -0.39 is 17.7 Å². The first-order chi connectivity index (χ1) is 10.1. The summed E-state index contributed by atoms with van der Waals surface area (Å²) in [5.41, 5.74) is 0.456. The summed E-state index contributed by atoms with van der Waals surface area (Å²) >= 11 is 0. The fraction of sp³-hybridized carbons (Fsp3) is 0. The summed E-state index contributed by atoms with van der Waals surface area (Å²) in [6.45, 7) is 0. The van der Waals surface area contributed by atoms with Crippen molar-refractivity contribution in [3.05, 3.63) is 71.6 Å². The van der Waals surface area contributed by atoms with Crippen molar-refractivity contribution in [1.82, 2.24) is 0 Å². The van der Waals surface area contributed by atoms with Crippen LogP contribution in [0.2, 0.25) is 0 Å². The molecule has 5 heteroatoms. The van der Waals surface area contributed by atoms with Crippen LogP contribution < -0.4 is 5.32 Å². The van der Waals surface area contributed by atoms with E-state index in [2.05, 4.69) is 5.32 Å². The number of halogens is 1. The molecular formula is C16H12FNO3. The number of para-hydroxylation sites is 1. The van der Waals surface area contributed by atoms with E-state index in [1.165, 1.54) is 30.3 Å². The molecule has 0 saturated heterocycles. The van der Waals surface area contributed by atoms with Crippen LogP contribution in [0.1, 0.15) is 15.9 Å². The molecule has 2 N–H and O–H groups in total. The second-order valence-electron chi connectivity index (χ2n) is 4.19. The van der Waals surface area contributed by atoms with Gasteiger partial charge in [-0.05, 0) is 24.3 Å². The van der Waals surface area contributed by atoms with E-state index in [-0.39, 0.29) is 16.8 Å². The second-order valence-corrected chi connectivity index (χ2v) is 4.19. The van der Waals surface area contributed by atoms with Crippen molar-refractivity contribution in [1.29, 1.82) is 0 Å². The van der Waals surface area contributed by atoms with Crippen LogP contribution in [-0.2, 0) is 4.79 Å². The Morgan fingerprint density at radius 3 is 2.43 bits per heavy atom. The third-order valence-electron chi connectivity index (χ3n) is 2.73. The molecule has 0 radical (unpaired) electrons. The maximum atomic E-state index is 13.4. The number of carbonyl (C=O) groups is 2. The SMILES string of the molecule is O=C(/C=C\c1ccccc1F)Nc1ccccc1C(=O)O. The van der Waals surface area contributed by atoms with Gasteiger partial charge in [0.05, 0.1) is 11.3 Å². The lowest BCUT2D eigenvalue weighted by molar-refractivity contribution is -0.111. The second kappa shape index (κ2) is 6.47. The van der Waals surface area contributed by atoms with Crippen LogP contribution in [0.25, 0.3) is 6.08 Å². The summed E-state index contributed by atoms with van der Waals surface area (Å²) in [5.74, 6) is -2.11. The smallest absolute Gasteiger partial charge is 0.337 e. The molecule has 2 rings (SSSR count). The van der Waals surface area contributed by atoms with Crippen LogP contribution in [0.5, 0.6) is 0 Å². The Balaban J connectivity index is 2.13. The zero-order valence-electron chi connectivity index (χ0n) is 10.9. The molecular weight excluding hydrogens is 273 g/mol. The number of carbonyl (C=O) groups excluding carboxylic acids is 1. The number of amides is 1. The number of rotatable bonds is 4. The minimum atomic E-state index is -1.14. The Morgan fingerprint density at radius 1 is 1.05 bits per heavy atom. The van der Waals surface area contributed by atoms with Crippen LogP contribution in [0.15, 0.2) is 54.6 Å². The predicted octanol–water partition coefficient (Wildman–Crippen LogP) is 3.18. The van der Waals surface area contributed by atoms with E-state index >= 15 is 0 Å². The Hall–Kier alpha value is -2.95. The number of benzene rings is 2. The zero-order valence-corrected chi connectivity index (χ0v) is 10.9. The van der Waals surface area contributed by atoms with Crippen LogP contribution in [0.4, 0.5) is 10.1 Å². The molecule has 1 amide bonds. The number of hydrogen-bond acceptors (Lipinski definition) is 2. The van der Waals surface area contributed by atoms with E-state index in [0.29, 0.717) is 0 Å². The number of nitrogens with one attached hydrogen (secondary N) is 1. The summed E-state index contributed by atoms with van der Waals surface area (Å²) in [5, 5.41) is 11.5. The van der Waals surface area contributed by atoms with E-state index in [1.807, 2.05) is 0 Å². The Bertz CT molecular complexity index is 710. The van der Waals surface area contributed by atoms with Crippen molar-refractivity contribution in [2.75, 3.05) is 5.32 Å². The highest BCUT2D eigenvalue weighted by Gasteiger charge is 2.10. The fourth-order valence-corrected chi connectivity index (χ4v) is 1.73. The average molecular weight is 285 g/mol. The van der Waals surface area contributed by atoms with Gasteiger partial charge in [0.1, 0.15) is 5.82 Å². The van der Waals surface area contributed by atoms with Crippen molar-refractivity contribution >= 4 is 23.6 Å². The molecule has 0 spiro atoms. The highest BCUT2D eigenvalue weighted by atomic mass is 19.1. The number of carboxylic acid groups (broad SMARTS) is 1. The third kappa shape index (κ3) is 3.76. The molecule has 0 bridgehead atoms. The molecule has 21 heavy (non-hydrogen) atoms. The Morgan fingerprint density at radius 2 is 1.71 bits per heavy atom. The van der Waals surface area contributed by atoms with Gasteiger partial charge in [0.2, 0.25) is 5.91 Å². The molecule has 0 unspecified atom stereocenters. The molecule has 2 aromatic carbocycles. The van der Waals surface area contributed by atoms with Crippen molar-refractivity contribution in [2.24, 2.45) is 0 Å². The van der Waals surface area contributed by atoms with Gasteiger partial charge >= 0.3 is 5.97 Å². The van der Waals surface area contributed by atoms with Gasteiger partial charge in [0, 0.05) is 11.6 Å². The summed E-state index contributed by atoms with van der Waals surface area (Å²) in [6.07, 6.45) is 2.48. The van der Waals surface area contributed by atoms with Crippen molar-refractivity contribution in [2.45, 2.75) is 0 Å². The third-order valence-corrected chi connectivity index (χ3v) is 2.73. The van der Waals surface area contributed by atoms with Crippen LogP contribution >= 0.6 is 0 Å². The van der Waals surface area contributed by atoms with E-state index in [4.69, 9.17) is 5.11 Å². The van der Waals surface area contributed by atoms with Gasteiger partial charge < -0.3 is 10.4 Å². The fourth-order valence-electron chi connectivity index (χ4n) is 1.73. The minimum absolute atomic E-state index is 0.00913. The summed E-state index contributed by atoms with van der Waals surface area (Å²) in [7, 11) is 0. The van der Waals surface area contributed by atoms with Gasteiger partial charge in [-0.2, -0.15) is 0 Å². The predicted molar refractivity (Wildman–Crippen MR) is 77.5 cm³/mol. The molecule has 4 nitrogen and oxygen atoms in total. The summed E-state index contributed by atoms with van der Waals surface area (Å²) < 4.78 is 13.4. The maximum absolute atomic E-state index is 13.4. The van der Waals surface area contributed by atoms with Crippen molar-refractivity contribution < 1.29 is 19.1 Å². The van der Waals surface area contributed by atoms with Gasteiger partial charge in [-0.3, -0.25) is 4.79 Å². The van der Waals surface area contributed by atoms with Gasteiger partial charge in [0.15, 0.2) is 0 Å². The Kier molecular flexibility index (Phi) is 4.46. The summed E-state index contributed by atoms with van der Waals surface area (Å²) in [4.78, 5) is 22.8. The highest BCUT2D eigenvalue weighted by molar-refractivity contribution is 6.06. The van der Waals surface area contributed by atoms with E-state index in [1.54, 1.807) is 24.3 Å². The minimum Gasteiger partial charge on any atom is -0.478 e. The van der Waals surface area contributed by atoms with Gasteiger partial charge in [-0.15, -0.1) is 0 Å². The quantitative estimate of drug-likeness (QED) is 0.848. The standard InChI is InChI=1S/C16H12FNO3/c17-13-7-3-1-5-11(13)9-10-15(19)18-14-8-4-2-6-12(14)16(20)21/h1-10H,(H,18,19)(H,20,21)/b10-9-. The lowest BCUT2D eigenvalue weighted by Crippen LogP contribution is -2.11. The van der Waals surface area contributed by atoms with E-state index in [0.717, 1.165) is 6.08 Å². The van der Waals surface area contributed by atoms with Gasteiger partial charge in [0.25, 0.3) is 0 Å². The lowest BCUT2D eigenvalue weighted by Gasteiger charge is -2.05. The highest BCUT2D eigenvalue weighted by Crippen LogP contribution is 2.15. The first-order valence-electron chi connectivity index (χ1n) is 6.14. The van der Waals surface area contributed by atoms with Crippen molar-refractivity contribution in [3.63, 3.8) is 0 Å². The number of anilines is 1. The molecule has 0 atom stereocenters. The average Bonchev–Trinajstić information content (AvgIpc) is 2.47. The first-order valence-corrected chi connectivity index (χ1v) is 6.14.